The monoisotopic (exact) mass is 409 g/mol. The molecular weight excluding hydrogens is 386 g/mol. The molecule has 0 bridgehead atoms. The molecule has 3 aromatic heterocycles. The van der Waals surface area contributed by atoms with E-state index in [-0.39, 0.29) is 11.5 Å². The SMILES string of the molecule is C[C@@H]1CCN(Cc2cccc(F)c2F)C[C@@H]1n1ccc(=O)c2c[nH+]c3[nH]ccc3c21. The van der Waals surface area contributed by atoms with Crippen molar-refractivity contribution in [3.05, 3.63) is 76.3 Å². The van der Waals surface area contributed by atoms with Gasteiger partial charge < -0.3 is 4.57 Å². The molecule has 154 valence electrons. The lowest BCUT2D eigenvalue weighted by molar-refractivity contribution is -0.345. The molecule has 2 N–H and O–H groups in total. The summed E-state index contributed by atoms with van der Waals surface area (Å²) in [5.74, 6) is -1.21. The van der Waals surface area contributed by atoms with Crippen molar-refractivity contribution in [3.63, 3.8) is 0 Å². The Morgan fingerprint density at radius 3 is 2.93 bits per heavy atom. The van der Waals surface area contributed by atoms with Crippen molar-refractivity contribution in [1.82, 2.24) is 14.5 Å². The van der Waals surface area contributed by atoms with Gasteiger partial charge in [0.2, 0.25) is 0 Å². The molecular formula is C23H23F2N4O+. The third-order valence-electron chi connectivity index (χ3n) is 6.31. The van der Waals surface area contributed by atoms with E-state index in [0.717, 1.165) is 35.6 Å². The number of halogens is 2. The number of aromatic nitrogens is 3. The van der Waals surface area contributed by atoms with E-state index in [9.17, 15) is 13.6 Å². The lowest BCUT2D eigenvalue weighted by Gasteiger charge is -2.39. The zero-order chi connectivity index (χ0) is 20.8. The summed E-state index contributed by atoms with van der Waals surface area (Å²) in [7, 11) is 0. The number of hydrogen-bond donors (Lipinski definition) is 1. The summed E-state index contributed by atoms with van der Waals surface area (Å²) >= 11 is 0. The minimum Gasteiger partial charge on any atom is -0.342 e. The first-order valence-electron chi connectivity index (χ1n) is 10.2. The molecule has 1 aromatic carbocycles. The van der Waals surface area contributed by atoms with E-state index in [1.54, 1.807) is 24.4 Å². The normalized spacial score (nSPS) is 20.2. The number of benzene rings is 1. The molecule has 1 saturated heterocycles. The number of nitrogens with zero attached hydrogens (tertiary/aromatic N) is 2. The number of pyridine rings is 2. The Bertz CT molecular complexity index is 1300. The Kier molecular flexibility index (Phi) is 4.62. The third-order valence-corrected chi connectivity index (χ3v) is 6.31. The number of hydrogen-bond acceptors (Lipinski definition) is 2. The standard InChI is InChI=1S/C23H22F2N4O/c1-14-6-9-28(12-15-3-2-4-18(24)21(15)25)13-19(14)29-10-7-20(30)17-11-27-23-16(22(17)29)5-8-26-23/h2-5,7-8,10-11,14,19H,6,9,12-13H2,1H3,(H,26,27)/p+1/t14-,19+/m1/s1. The highest BCUT2D eigenvalue weighted by atomic mass is 19.2. The van der Waals surface area contributed by atoms with Gasteiger partial charge in [0.15, 0.2) is 17.1 Å². The smallest absolute Gasteiger partial charge is 0.286 e. The van der Waals surface area contributed by atoms with Crippen LogP contribution in [0.2, 0.25) is 0 Å². The summed E-state index contributed by atoms with van der Waals surface area (Å²) in [4.78, 5) is 21.0. The van der Waals surface area contributed by atoms with Gasteiger partial charge in [0.05, 0.1) is 22.5 Å². The van der Waals surface area contributed by atoms with Gasteiger partial charge in [-0.25, -0.2) is 18.7 Å². The van der Waals surface area contributed by atoms with E-state index in [1.807, 2.05) is 18.5 Å². The second-order valence-electron chi connectivity index (χ2n) is 8.19. The molecule has 2 atom stereocenters. The topological polar surface area (TPSA) is 55.2 Å². The largest absolute Gasteiger partial charge is 0.342 e. The van der Waals surface area contributed by atoms with E-state index in [4.69, 9.17) is 0 Å². The van der Waals surface area contributed by atoms with E-state index in [2.05, 4.69) is 26.4 Å². The van der Waals surface area contributed by atoms with Crippen molar-refractivity contribution < 1.29 is 13.8 Å². The lowest BCUT2D eigenvalue weighted by Crippen LogP contribution is -2.40. The van der Waals surface area contributed by atoms with Crippen LogP contribution in [-0.4, -0.2) is 27.5 Å². The van der Waals surface area contributed by atoms with E-state index in [1.165, 1.54) is 0 Å². The number of fused-ring (bicyclic) bond motifs is 3. The Morgan fingerprint density at radius 1 is 1.20 bits per heavy atom. The second kappa shape index (κ2) is 7.32. The van der Waals surface area contributed by atoms with Crippen LogP contribution in [0.4, 0.5) is 8.78 Å². The highest BCUT2D eigenvalue weighted by Gasteiger charge is 2.29. The summed E-state index contributed by atoms with van der Waals surface area (Å²) in [6, 6.07) is 8.01. The highest BCUT2D eigenvalue weighted by Crippen LogP contribution is 2.32. The van der Waals surface area contributed by atoms with Crippen molar-refractivity contribution in [2.24, 2.45) is 5.92 Å². The summed E-state index contributed by atoms with van der Waals surface area (Å²) in [5.41, 5.74) is 2.11. The maximum Gasteiger partial charge on any atom is 0.286 e. The van der Waals surface area contributed by atoms with Crippen LogP contribution in [0.5, 0.6) is 0 Å². The molecule has 0 unspecified atom stereocenters. The summed E-state index contributed by atoms with van der Waals surface area (Å²) in [5, 5.41) is 1.61. The number of H-pyrrole nitrogens is 2. The van der Waals surface area contributed by atoms with Gasteiger partial charge in [0.25, 0.3) is 5.65 Å². The zero-order valence-corrected chi connectivity index (χ0v) is 16.7. The van der Waals surface area contributed by atoms with Gasteiger partial charge in [-0.15, -0.1) is 0 Å². The Morgan fingerprint density at radius 2 is 2.07 bits per heavy atom. The molecule has 30 heavy (non-hydrogen) atoms. The predicted molar refractivity (Wildman–Crippen MR) is 111 cm³/mol. The number of rotatable bonds is 3. The number of aromatic amines is 2. The maximum atomic E-state index is 14.2. The van der Waals surface area contributed by atoms with E-state index < -0.39 is 11.6 Å². The molecule has 1 fully saturated rings. The molecule has 4 aromatic rings. The van der Waals surface area contributed by atoms with Gasteiger partial charge in [-0.1, -0.05) is 19.1 Å². The molecule has 0 aliphatic carbocycles. The van der Waals surface area contributed by atoms with Gasteiger partial charge in [-0.2, -0.15) is 0 Å². The first kappa shape index (κ1) is 18.9. The van der Waals surface area contributed by atoms with Crippen molar-refractivity contribution in [3.8, 4) is 0 Å². The lowest BCUT2D eigenvalue weighted by atomic mass is 9.92. The molecule has 7 heteroatoms. The van der Waals surface area contributed by atoms with Crippen LogP contribution in [0.3, 0.4) is 0 Å². The molecule has 0 amide bonds. The minimum atomic E-state index is -0.813. The molecule has 5 rings (SSSR count). The summed E-state index contributed by atoms with van der Waals surface area (Å²) in [6.07, 6.45) is 6.40. The fourth-order valence-corrected chi connectivity index (χ4v) is 4.63. The van der Waals surface area contributed by atoms with Crippen molar-refractivity contribution in [2.75, 3.05) is 13.1 Å². The quantitative estimate of drug-likeness (QED) is 0.562. The average molecular weight is 409 g/mol. The van der Waals surface area contributed by atoms with E-state index >= 15 is 0 Å². The average Bonchev–Trinajstić information content (AvgIpc) is 3.22. The van der Waals surface area contributed by atoms with Crippen LogP contribution >= 0.6 is 0 Å². The molecule has 1 aliphatic rings. The van der Waals surface area contributed by atoms with Gasteiger partial charge in [0.1, 0.15) is 6.20 Å². The van der Waals surface area contributed by atoms with E-state index in [0.29, 0.717) is 30.0 Å². The van der Waals surface area contributed by atoms with Crippen molar-refractivity contribution >= 4 is 21.9 Å². The first-order valence-corrected chi connectivity index (χ1v) is 10.2. The fraction of sp³-hybridized carbons (Fsp3) is 0.304. The van der Waals surface area contributed by atoms with Gasteiger partial charge in [-0.3, -0.25) is 9.69 Å². The minimum absolute atomic E-state index is 0.0252. The molecule has 5 nitrogen and oxygen atoms in total. The molecule has 0 saturated carbocycles. The number of piperidine rings is 1. The molecule has 4 heterocycles. The van der Waals surface area contributed by atoms with Gasteiger partial charge in [0, 0.05) is 37.0 Å². The Labute approximate surface area is 172 Å². The number of likely N-dealkylation sites (tertiary alicyclic amines) is 1. The highest BCUT2D eigenvalue weighted by molar-refractivity contribution is 6.00. The molecule has 0 spiro atoms. The van der Waals surface area contributed by atoms with Crippen LogP contribution < -0.4 is 10.4 Å². The zero-order valence-electron chi connectivity index (χ0n) is 16.7. The van der Waals surface area contributed by atoms with Crippen LogP contribution in [0.1, 0.15) is 24.9 Å². The first-order chi connectivity index (χ1) is 14.5. The Balaban J connectivity index is 1.55. The number of nitrogens with one attached hydrogen (secondary N) is 2. The maximum absolute atomic E-state index is 14.2. The fourth-order valence-electron chi connectivity index (χ4n) is 4.63. The summed E-state index contributed by atoms with van der Waals surface area (Å²) in [6.45, 7) is 4.08. The summed E-state index contributed by atoms with van der Waals surface area (Å²) < 4.78 is 30.0. The molecule has 0 radical (unpaired) electrons. The van der Waals surface area contributed by atoms with Crippen LogP contribution in [-0.2, 0) is 6.54 Å². The van der Waals surface area contributed by atoms with Gasteiger partial charge >= 0.3 is 0 Å². The Hall–Kier alpha value is -3.06. The van der Waals surface area contributed by atoms with Crippen molar-refractivity contribution in [1.29, 1.82) is 0 Å². The van der Waals surface area contributed by atoms with Crippen LogP contribution in [0.15, 0.2) is 53.7 Å². The third kappa shape index (κ3) is 3.10. The van der Waals surface area contributed by atoms with Gasteiger partial charge in [-0.05, 0) is 31.0 Å². The second-order valence-corrected chi connectivity index (χ2v) is 8.19. The van der Waals surface area contributed by atoms with Crippen LogP contribution in [0, 0.1) is 17.6 Å². The predicted octanol–water partition coefficient (Wildman–Crippen LogP) is 3.66. The van der Waals surface area contributed by atoms with Crippen LogP contribution in [0.25, 0.3) is 21.9 Å². The molecule has 1 aliphatic heterocycles. The van der Waals surface area contributed by atoms with Crippen molar-refractivity contribution in [2.45, 2.75) is 25.9 Å².